The van der Waals surface area contributed by atoms with Gasteiger partial charge in [-0.25, -0.2) is 4.98 Å². The topological polar surface area (TPSA) is 66.5 Å². The number of alkyl halides is 2. The Bertz CT molecular complexity index is 1040. The fraction of sp³-hybridized carbons (Fsp3) is 0.118. The highest BCUT2D eigenvalue weighted by Crippen LogP contribution is 2.33. The van der Waals surface area contributed by atoms with Gasteiger partial charge in [0.1, 0.15) is 5.69 Å². The number of fused-ring (bicyclic) bond motifs is 2. The lowest BCUT2D eigenvalue weighted by Crippen LogP contribution is -2.10. The van der Waals surface area contributed by atoms with Crippen molar-refractivity contribution < 1.29 is 8.78 Å². The first-order chi connectivity index (χ1) is 11.5. The summed E-state index contributed by atoms with van der Waals surface area (Å²) in [5.41, 5.74) is 1.20. The second kappa shape index (κ2) is 5.23. The van der Waals surface area contributed by atoms with E-state index >= 15 is 0 Å². The lowest BCUT2D eigenvalue weighted by atomic mass is 10.1. The van der Waals surface area contributed by atoms with Crippen molar-refractivity contribution in [3.8, 4) is 0 Å². The van der Waals surface area contributed by atoms with E-state index in [9.17, 15) is 8.78 Å². The number of rotatable bonds is 3. The molecule has 0 spiro atoms. The average molecular weight is 325 g/mol. The molecule has 3 aromatic heterocycles. The van der Waals surface area contributed by atoms with Crippen LogP contribution in [-0.4, -0.2) is 20.2 Å². The Labute approximate surface area is 135 Å². The summed E-state index contributed by atoms with van der Waals surface area (Å²) in [5.74, 6) is -2.36. The number of hydrogen-bond acceptors (Lipinski definition) is 4. The third-order valence-electron chi connectivity index (χ3n) is 3.78. The Kier molecular flexibility index (Phi) is 3.16. The van der Waals surface area contributed by atoms with Crippen LogP contribution in [0.15, 0.2) is 48.8 Å². The standard InChI is InChI=1S/C17H13F2N5/c1-17(18,19)14-12-5-4-11(9-10(12)6-8-20-14)22-16-13-3-2-7-21-15(13)23-24-16/h2-9H,1H3,(H2,21,22,23,24). The van der Waals surface area contributed by atoms with Crippen LogP contribution in [0.4, 0.5) is 20.3 Å². The molecule has 24 heavy (non-hydrogen) atoms. The molecule has 2 N–H and O–H groups in total. The maximum atomic E-state index is 13.7. The normalized spacial score (nSPS) is 12.0. The van der Waals surface area contributed by atoms with E-state index in [1.54, 1.807) is 30.5 Å². The molecular formula is C17H13F2N5. The fourth-order valence-corrected chi connectivity index (χ4v) is 2.69. The number of pyridine rings is 2. The van der Waals surface area contributed by atoms with Crippen LogP contribution in [0.3, 0.4) is 0 Å². The Morgan fingerprint density at radius 1 is 1.04 bits per heavy atom. The zero-order chi connectivity index (χ0) is 16.7. The zero-order valence-electron chi connectivity index (χ0n) is 12.7. The van der Waals surface area contributed by atoms with Gasteiger partial charge in [0, 0.05) is 30.4 Å². The Morgan fingerprint density at radius 2 is 1.92 bits per heavy atom. The summed E-state index contributed by atoms with van der Waals surface area (Å²) in [5, 5.41) is 12.2. The van der Waals surface area contributed by atoms with Crippen LogP contribution in [-0.2, 0) is 5.92 Å². The van der Waals surface area contributed by atoms with Crippen LogP contribution in [0.1, 0.15) is 12.6 Å². The van der Waals surface area contributed by atoms with Crippen molar-refractivity contribution in [1.29, 1.82) is 0 Å². The maximum Gasteiger partial charge on any atom is 0.287 e. The van der Waals surface area contributed by atoms with E-state index in [1.807, 2.05) is 12.1 Å². The molecule has 0 aliphatic rings. The van der Waals surface area contributed by atoms with Crippen LogP contribution in [0.2, 0.25) is 0 Å². The molecule has 0 radical (unpaired) electrons. The second-order valence-corrected chi connectivity index (χ2v) is 5.58. The van der Waals surface area contributed by atoms with Gasteiger partial charge < -0.3 is 5.32 Å². The van der Waals surface area contributed by atoms with Crippen molar-refractivity contribution in [1.82, 2.24) is 20.2 Å². The zero-order valence-corrected chi connectivity index (χ0v) is 12.7. The van der Waals surface area contributed by atoms with Crippen molar-refractivity contribution in [3.05, 3.63) is 54.5 Å². The number of anilines is 2. The third kappa shape index (κ3) is 2.44. The predicted octanol–water partition coefficient (Wildman–Crippen LogP) is 4.36. The first kappa shape index (κ1) is 14.5. The van der Waals surface area contributed by atoms with Gasteiger partial charge in [0.05, 0.1) is 5.39 Å². The Balaban J connectivity index is 1.76. The van der Waals surface area contributed by atoms with Gasteiger partial charge in [-0.05, 0) is 35.7 Å². The Hall–Kier alpha value is -3.09. The molecule has 0 aliphatic carbocycles. The monoisotopic (exact) mass is 325 g/mol. The SMILES string of the molecule is CC(F)(F)c1nccc2cc(Nc3n[nH]c4ncccc34)ccc12. The van der Waals surface area contributed by atoms with Crippen molar-refractivity contribution in [3.63, 3.8) is 0 Å². The summed E-state index contributed by atoms with van der Waals surface area (Å²) in [4.78, 5) is 8.01. The maximum absolute atomic E-state index is 13.7. The van der Waals surface area contributed by atoms with E-state index in [1.165, 1.54) is 6.20 Å². The number of benzene rings is 1. The van der Waals surface area contributed by atoms with Crippen molar-refractivity contribution in [2.24, 2.45) is 0 Å². The van der Waals surface area contributed by atoms with Gasteiger partial charge in [-0.15, -0.1) is 0 Å². The molecule has 0 bridgehead atoms. The number of hydrogen-bond donors (Lipinski definition) is 2. The highest BCUT2D eigenvalue weighted by atomic mass is 19.3. The molecule has 0 aliphatic heterocycles. The molecule has 1 aromatic carbocycles. The van der Waals surface area contributed by atoms with Gasteiger partial charge in [0.25, 0.3) is 5.92 Å². The second-order valence-electron chi connectivity index (χ2n) is 5.58. The highest BCUT2D eigenvalue weighted by molar-refractivity contribution is 5.92. The molecule has 3 heterocycles. The summed E-state index contributed by atoms with van der Waals surface area (Å²) < 4.78 is 27.3. The van der Waals surface area contributed by atoms with Crippen LogP contribution in [0.5, 0.6) is 0 Å². The van der Waals surface area contributed by atoms with E-state index < -0.39 is 5.92 Å². The van der Waals surface area contributed by atoms with Crippen molar-refractivity contribution in [2.45, 2.75) is 12.8 Å². The summed E-state index contributed by atoms with van der Waals surface area (Å²) in [7, 11) is 0. The van der Waals surface area contributed by atoms with Crippen molar-refractivity contribution in [2.75, 3.05) is 5.32 Å². The summed E-state index contributed by atoms with van der Waals surface area (Å²) in [6, 6.07) is 10.6. The van der Waals surface area contributed by atoms with Gasteiger partial charge in [-0.2, -0.15) is 13.9 Å². The largest absolute Gasteiger partial charge is 0.338 e. The minimum Gasteiger partial charge on any atom is -0.338 e. The van der Waals surface area contributed by atoms with Gasteiger partial charge in [-0.1, -0.05) is 6.07 Å². The smallest absolute Gasteiger partial charge is 0.287 e. The first-order valence-corrected chi connectivity index (χ1v) is 7.35. The van der Waals surface area contributed by atoms with Crippen molar-refractivity contribution >= 4 is 33.3 Å². The number of nitrogens with zero attached hydrogens (tertiary/aromatic N) is 3. The van der Waals surface area contributed by atoms with E-state index in [0.29, 0.717) is 22.2 Å². The molecule has 0 amide bonds. The third-order valence-corrected chi connectivity index (χ3v) is 3.78. The number of aromatic amines is 1. The molecule has 0 saturated carbocycles. The van der Waals surface area contributed by atoms with Crippen LogP contribution >= 0.6 is 0 Å². The van der Waals surface area contributed by atoms with E-state index in [4.69, 9.17) is 0 Å². The lowest BCUT2D eigenvalue weighted by molar-refractivity contribution is 0.0145. The molecule has 7 heteroatoms. The minimum atomic E-state index is -2.99. The number of aromatic nitrogens is 4. The van der Waals surface area contributed by atoms with Gasteiger partial charge in [0.2, 0.25) is 0 Å². The lowest BCUT2D eigenvalue weighted by Gasteiger charge is -2.13. The molecule has 4 rings (SSSR count). The molecule has 0 fully saturated rings. The number of H-pyrrole nitrogens is 1. The molecule has 0 atom stereocenters. The molecule has 0 saturated heterocycles. The van der Waals surface area contributed by atoms with Gasteiger partial charge in [0.15, 0.2) is 11.5 Å². The molecule has 120 valence electrons. The quantitative estimate of drug-likeness (QED) is 0.587. The molecule has 4 aromatic rings. The summed E-state index contributed by atoms with van der Waals surface area (Å²) >= 11 is 0. The average Bonchev–Trinajstić information content (AvgIpc) is 2.96. The van der Waals surface area contributed by atoms with E-state index in [2.05, 4.69) is 25.5 Å². The predicted molar refractivity (Wildman–Crippen MR) is 88.5 cm³/mol. The van der Waals surface area contributed by atoms with E-state index in [-0.39, 0.29) is 5.69 Å². The summed E-state index contributed by atoms with van der Waals surface area (Å²) in [6.45, 7) is 0.851. The number of nitrogens with one attached hydrogen (secondary N) is 2. The van der Waals surface area contributed by atoms with Crippen LogP contribution in [0.25, 0.3) is 21.8 Å². The number of halogens is 2. The molecular weight excluding hydrogens is 312 g/mol. The molecule has 0 unspecified atom stereocenters. The minimum absolute atomic E-state index is 0.221. The van der Waals surface area contributed by atoms with Gasteiger partial charge >= 0.3 is 0 Å². The highest BCUT2D eigenvalue weighted by Gasteiger charge is 2.28. The Morgan fingerprint density at radius 3 is 2.75 bits per heavy atom. The van der Waals surface area contributed by atoms with Crippen LogP contribution < -0.4 is 5.32 Å². The van der Waals surface area contributed by atoms with E-state index in [0.717, 1.165) is 18.0 Å². The molecule has 5 nitrogen and oxygen atoms in total. The fourth-order valence-electron chi connectivity index (χ4n) is 2.69. The first-order valence-electron chi connectivity index (χ1n) is 7.35. The van der Waals surface area contributed by atoms with Crippen LogP contribution in [0, 0.1) is 0 Å². The van der Waals surface area contributed by atoms with Gasteiger partial charge in [-0.3, -0.25) is 10.1 Å². The summed E-state index contributed by atoms with van der Waals surface area (Å²) in [6.07, 6.45) is 3.08.